The molecule has 28 heavy (non-hydrogen) atoms. The van der Waals surface area contributed by atoms with Gasteiger partial charge in [0.25, 0.3) is 5.91 Å². The van der Waals surface area contributed by atoms with Gasteiger partial charge in [0.1, 0.15) is 11.5 Å². The molecule has 2 aliphatic heterocycles. The molecule has 1 saturated heterocycles. The number of anilines is 2. The van der Waals surface area contributed by atoms with Gasteiger partial charge >= 0.3 is 6.36 Å². The summed E-state index contributed by atoms with van der Waals surface area (Å²) < 4.78 is 47.7. The molecular formula is C18H14BrF3N2O4. The zero-order chi connectivity index (χ0) is 20.1. The van der Waals surface area contributed by atoms with E-state index in [0.717, 1.165) is 17.8 Å². The van der Waals surface area contributed by atoms with Gasteiger partial charge in [-0.3, -0.25) is 4.79 Å². The number of rotatable bonds is 2. The van der Waals surface area contributed by atoms with E-state index in [-0.39, 0.29) is 22.7 Å². The summed E-state index contributed by atoms with van der Waals surface area (Å²) in [5, 5.41) is 12.3. The second-order valence-electron chi connectivity index (χ2n) is 6.45. The Morgan fingerprint density at radius 2 is 2.04 bits per heavy atom. The van der Waals surface area contributed by atoms with Gasteiger partial charge in [0.2, 0.25) is 0 Å². The molecule has 0 aliphatic carbocycles. The molecule has 6 nitrogen and oxygen atoms in total. The van der Waals surface area contributed by atoms with Crippen LogP contribution in [0.1, 0.15) is 16.8 Å². The molecule has 0 spiro atoms. The van der Waals surface area contributed by atoms with Crippen LogP contribution in [0.5, 0.6) is 17.2 Å². The van der Waals surface area contributed by atoms with Crippen LogP contribution in [0.25, 0.3) is 0 Å². The first-order valence-corrected chi connectivity index (χ1v) is 9.14. The Morgan fingerprint density at radius 1 is 1.25 bits per heavy atom. The molecule has 0 radical (unpaired) electrons. The molecule has 10 heteroatoms. The molecule has 2 aromatic rings. The molecule has 4 rings (SSSR count). The van der Waals surface area contributed by atoms with Crippen molar-refractivity contribution in [1.29, 1.82) is 0 Å². The lowest BCUT2D eigenvalue weighted by Crippen LogP contribution is -2.22. The van der Waals surface area contributed by atoms with Gasteiger partial charge in [0, 0.05) is 29.7 Å². The summed E-state index contributed by atoms with van der Waals surface area (Å²) in [6, 6.07) is 6.72. The first kappa shape index (κ1) is 18.9. The number of amides is 1. The summed E-state index contributed by atoms with van der Waals surface area (Å²) in [6.45, 7) is 1.11. The van der Waals surface area contributed by atoms with Crippen LogP contribution < -0.4 is 19.7 Å². The lowest BCUT2D eigenvalue weighted by atomic mass is 10.1. The third-order valence-electron chi connectivity index (χ3n) is 4.45. The minimum absolute atomic E-state index is 0.0669. The highest BCUT2D eigenvalue weighted by atomic mass is 79.9. The van der Waals surface area contributed by atoms with Crippen molar-refractivity contribution < 1.29 is 32.5 Å². The Morgan fingerprint density at radius 3 is 2.71 bits per heavy atom. The number of alkyl halides is 3. The summed E-state index contributed by atoms with van der Waals surface area (Å²) in [5.74, 6) is -0.530. The number of aliphatic hydroxyl groups excluding tert-OH is 1. The summed E-state index contributed by atoms with van der Waals surface area (Å²) in [7, 11) is 0. The van der Waals surface area contributed by atoms with Crippen molar-refractivity contribution in [2.24, 2.45) is 0 Å². The fourth-order valence-electron chi connectivity index (χ4n) is 3.21. The van der Waals surface area contributed by atoms with E-state index in [0.29, 0.717) is 24.0 Å². The van der Waals surface area contributed by atoms with Gasteiger partial charge in [-0.05, 0) is 40.5 Å². The van der Waals surface area contributed by atoms with Gasteiger partial charge in [-0.25, -0.2) is 0 Å². The van der Waals surface area contributed by atoms with Crippen molar-refractivity contribution in [2.75, 3.05) is 23.3 Å². The maximum absolute atomic E-state index is 12.6. The summed E-state index contributed by atoms with van der Waals surface area (Å²) >= 11 is 3.43. The number of nitrogens with one attached hydrogen (secondary N) is 1. The SMILES string of the molecule is O=C1Nc2cc(OC(F)(F)F)ccc2Oc2cc(N3CC[C@H](O)C3)c(Br)cc21. The van der Waals surface area contributed by atoms with Crippen LogP contribution in [0, 0.1) is 0 Å². The van der Waals surface area contributed by atoms with Crippen LogP contribution in [-0.2, 0) is 0 Å². The van der Waals surface area contributed by atoms with Crippen molar-refractivity contribution >= 4 is 33.2 Å². The summed E-state index contributed by atoms with van der Waals surface area (Å²) in [6.07, 6.45) is -4.63. The molecule has 0 unspecified atom stereocenters. The average Bonchev–Trinajstić information content (AvgIpc) is 2.97. The number of aliphatic hydroxyl groups is 1. The molecule has 2 aliphatic rings. The highest BCUT2D eigenvalue weighted by molar-refractivity contribution is 9.10. The predicted octanol–water partition coefficient (Wildman–Crippen LogP) is 4.28. The van der Waals surface area contributed by atoms with Gasteiger partial charge in [-0.15, -0.1) is 13.2 Å². The Bertz CT molecular complexity index is 951. The normalized spacial score (nSPS) is 18.7. The highest BCUT2D eigenvalue weighted by Gasteiger charge is 2.32. The first-order chi connectivity index (χ1) is 13.2. The molecule has 0 saturated carbocycles. The van der Waals surface area contributed by atoms with Crippen molar-refractivity contribution in [3.8, 4) is 17.2 Å². The highest BCUT2D eigenvalue weighted by Crippen LogP contribution is 2.42. The second-order valence-corrected chi connectivity index (χ2v) is 7.30. The number of ether oxygens (including phenoxy) is 2. The Labute approximate surface area is 166 Å². The van der Waals surface area contributed by atoms with Gasteiger partial charge in [-0.2, -0.15) is 0 Å². The van der Waals surface area contributed by atoms with E-state index in [2.05, 4.69) is 26.0 Å². The fraction of sp³-hybridized carbons (Fsp3) is 0.278. The van der Waals surface area contributed by atoms with Crippen LogP contribution in [0.3, 0.4) is 0 Å². The van der Waals surface area contributed by atoms with Gasteiger partial charge in [0.15, 0.2) is 5.75 Å². The maximum Gasteiger partial charge on any atom is 0.573 e. The number of halogens is 4. The zero-order valence-corrected chi connectivity index (χ0v) is 15.8. The van der Waals surface area contributed by atoms with E-state index >= 15 is 0 Å². The third-order valence-corrected chi connectivity index (χ3v) is 5.09. The maximum atomic E-state index is 12.6. The number of fused-ring (bicyclic) bond motifs is 2. The molecule has 2 heterocycles. The van der Waals surface area contributed by atoms with E-state index in [9.17, 15) is 23.1 Å². The summed E-state index contributed by atoms with van der Waals surface area (Å²) in [5.41, 5.74) is 1.05. The molecule has 0 bridgehead atoms. The molecular weight excluding hydrogens is 445 g/mol. The number of benzene rings is 2. The summed E-state index contributed by atoms with van der Waals surface area (Å²) in [4.78, 5) is 14.5. The lowest BCUT2D eigenvalue weighted by Gasteiger charge is -2.21. The molecule has 1 fully saturated rings. The lowest BCUT2D eigenvalue weighted by molar-refractivity contribution is -0.274. The van der Waals surface area contributed by atoms with Crippen molar-refractivity contribution in [3.63, 3.8) is 0 Å². The van der Waals surface area contributed by atoms with Crippen molar-refractivity contribution in [3.05, 3.63) is 40.4 Å². The number of nitrogens with zero attached hydrogens (tertiary/aromatic N) is 1. The monoisotopic (exact) mass is 458 g/mol. The van der Waals surface area contributed by atoms with E-state index in [1.807, 2.05) is 4.90 Å². The molecule has 1 amide bonds. The molecule has 148 valence electrons. The van der Waals surface area contributed by atoms with E-state index in [1.54, 1.807) is 12.1 Å². The minimum atomic E-state index is -4.84. The van der Waals surface area contributed by atoms with Crippen LogP contribution in [0.2, 0.25) is 0 Å². The van der Waals surface area contributed by atoms with Crippen LogP contribution in [0.4, 0.5) is 24.5 Å². The quantitative estimate of drug-likeness (QED) is 0.702. The van der Waals surface area contributed by atoms with Crippen molar-refractivity contribution in [1.82, 2.24) is 0 Å². The average molecular weight is 459 g/mol. The van der Waals surface area contributed by atoms with E-state index in [4.69, 9.17) is 4.74 Å². The second kappa shape index (κ2) is 6.85. The van der Waals surface area contributed by atoms with E-state index in [1.165, 1.54) is 6.07 Å². The topological polar surface area (TPSA) is 71.0 Å². The molecule has 1 atom stereocenters. The number of hydrogen-bond acceptors (Lipinski definition) is 5. The first-order valence-electron chi connectivity index (χ1n) is 8.35. The largest absolute Gasteiger partial charge is 0.573 e. The van der Waals surface area contributed by atoms with Gasteiger partial charge in [-0.1, -0.05) is 0 Å². The van der Waals surface area contributed by atoms with Gasteiger partial charge < -0.3 is 24.8 Å². The number of hydrogen-bond donors (Lipinski definition) is 2. The molecule has 2 N–H and O–H groups in total. The van der Waals surface area contributed by atoms with Crippen LogP contribution >= 0.6 is 15.9 Å². The standard InChI is InChI=1S/C18H14BrF3N2O4/c19-12-6-11-16(7-14(12)24-4-3-9(25)8-24)27-15-2-1-10(28-18(20,21)22)5-13(15)23-17(11)26/h1-2,5-7,9,25H,3-4,8H2,(H,23,26)/t9-/m0/s1. The van der Waals surface area contributed by atoms with Crippen molar-refractivity contribution in [2.45, 2.75) is 18.9 Å². The number of carbonyl (C=O) groups is 1. The Kier molecular flexibility index (Phi) is 4.62. The Hall–Kier alpha value is -2.46. The third kappa shape index (κ3) is 3.74. The fourth-order valence-corrected chi connectivity index (χ4v) is 3.80. The van der Waals surface area contributed by atoms with Crippen LogP contribution in [-0.4, -0.2) is 36.6 Å². The van der Waals surface area contributed by atoms with Gasteiger partial charge in [0.05, 0.1) is 23.0 Å². The van der Waals surface area contributed by atoms with Crippen LogP contribution in [0.15, 0.2) is 34.8 Å². The Balaban J connectivity index is 1.70. The molecule has 0 aromatic heterocycles. The molecule has 2 aromatic carbocycles. The number of carbonyl (C=O) groups excluding carboxylic acids is 1. The van der Waals surface area contributed by atoms with E-state index < -0.39 is 24.1 Å². The smallest absolute Gasteiger partial charge is 0.454 e. The number of β-amino-alcohol motifs (C(OH)–C–C–N with tert-alkyl or cyclic N) is 1. The predicted molar refractivity (Wildman–Crippen MR) is 98.1 cm³/mol. The zero-order valence-electron chi connectivity index (χ0n) is 14.2. The minimum Gasteiger partial charge on any atom is -0.454 e.